The van der Waals surface area contributed by atoms with Gasteiger partial charge in [-0.15, -0.1) is 0 Å². The number of hydrogen-bond acceptors (Lipinski definition) is 2. The third kappa shape index (κ3) is 5.36. The maximum absolute atomic E-state index is 3.16. The molecule has 102 valence electrons. The number of thioether (sulfide) groups is 2. The fraction of sp³-hybridized carbons (Fsp3) is 0.222. The van der Waals surface area contributed by atoms with Crippen molar-refractivity contribution in [1.82, 2.24) is 0 Å². The minimum absolute atomic E-state index is 0.957. The van der Waals surface area contributed by atoms with Crippen molar-refractivity contribution < 1.29 is 0 Å². The molecule has 0 aliphatic carbocycles. The highest BCUT2D eigenvalue weighted by Crippen LogP contribution is 2.14. The average molecular weight is 298 g/mol. The molecule has 0 saturated heterocycles. The van der Waals surface area contributed by atoms with Crippen LogP contribution < -0.4 is 0 Å². The zero-order valence-electron chi connectivity index (χ0n) is 11.8. The van der Waals surface area contributed by atoms with E-state index >= 15 is 0 Å². The van der Waals surface area contributed by atoms with E-state index in [9.17, 15) is 0 Å². The molecule has 2 aromatic rings. The quantitative estimate of drug-likeness (QED) is 0.694. The summed E-state index contributed by atoms with van der Waals surface area (Å²) in [4.78, 5) is 0. The lowest BCUT2D eigenvalue weighted by atomic mass is 10.2. The third-order valence-electron chi connectivity index (χ3n) is 2.90. The smallest absolute Gasteiger partial charge is 0.0308 e. The van der Waals surface area contributed by atoms with Gasteiger partial charge in [-0.05, 0) is 35.5 Å². The van der Waals surface area contributed by atoms with Crippen LogP contribution in [0.2, 0.25) is 0 Å². The molecule has 0 spiro atoms. The molecule has 0 amide bonds. The number of aryl methyl sites for hydroxylation is 2. The minimum Gasteiger partial charge on any atom is -0.0694 e. The SMILES string of the molecule is Cc1ccc(CSC#CSCc2ccc(C)cc2)cc1. The molecule has 2 heteroatoms. The summed E-state index contributed by atoms with van der Waals surface area (Å²) in [6.45, 7) is 4.22. The molecule has 0 fully saturated rings. The van der Waals surface area contributed by atoms with Crippen LogP contribution in [0.25, 0.3) is 0 Å². The summed E-state index contributed by atoms with van der Waals surface area (Å²) in [7, 11) is 0. The molecule has 0 heterocycles. The number of rotatable bonds is 4. The van der Waals surface area contributed by atoms with Gasteiger partial charge in [-0.1, -0.05) is 83.2 Å². The average Bonchev–Trinajstić information content (AvgIpc) is 2.46. The second kappa shape index (κ2) is 8.09. The van der Waals surface area contributed by atoms with E-state index in [0.29, 0.717) is 0 Å². The van der Waals surface area contributed by atoms with Crippen LogP contribution in [0.15, 0.2) is 48.5 Å². The van der Waals surface area contributed by atoms with E-state index in [1.807, 2.05) is 0 Å². The summed E-state index contributed by atoms with van der Waals surface area (Å²) in [5.74, 6) is 1.91. The molecule has 0 nitrogen and oxygen atoms in total. The van der Waals surface area contributed by atoms with E-state index in [1.54, 1.807) is 23.5 Å². The second-order valence-electron chi connectivity index (χ2n) is 4.75. The van der Waals surface area contributed by atoms with Crippen LogP contribution in [0.4, 0.5) is 0 Å². The zero-order valence-corrected chi connectivity index (χ0v) is 13.5. The lowest BCUT2D eigenvalue weighted by Gasteiger charge is -1.98. The molecule has 0 atom stereocenters. The Morgan fingerprint density at radius 3 is 1.35 bits per heavy atom. The van der Waals surface area contributed by atoms with Crippen LogP contribution in [-0.4, -0.2) is 0 Å². The van der Waals surface area contributed by atoms with Crippen molar-refractivity contribution in [3.63, 3.8) is 0 Å². The maximum atomic E-state index is 3.16. The predicted molar refractivity (Wildman–Crippen MR) is 92.7 cm³/mol. The third-order valence-corrected chi connectivity index (χ3v) is 4.48. The molecule has 0 bridgehead atoms. The van der Waals surface area contributed by atoms with E-state index in [4.69, 9.17) is 0 Å². The Hall–Kier alpha value is -1.30. The van der Waals surface area contributed by atoms with Gasteiger partial charge in [0.2, 0.25) is 0 Å². The molecule has 2 rings (SSSR count). The van der Waals surface area contributed by atoms with Crippen LogP contribution in [0, 0.1) is 24.4 Å². The zero-order chi connectivity index (χ0) is 14.2. The number of benzene rings is 2. The number of hydrogen-bond donors (Lipinski definition) is 0. The predicted octanol–water partition coefficient (Wildman–Crippen LogP) is 5.39. The van der Waals surface area contributed by atoms with Crippen LogP contribution in [0.1, 0.15) is 22.3 Å². The fourth-order valence-electron chi connectivity index (χ4n) is 1.67. The second-order valence-corrected chi connectivity index (χ2v) is 6.32. The Labute approximate surface area is 130 Å². The molecule has 2 aromatic carbocycles. The van der Waals surface area contributed by atoms with Crippen molar-refractivity contribution in [3.05, 3.63) is 70.8 Å². The van der Waals surface area contributed by atoms with Crippen molar-refractivity contribution >= 4 is 23.5 Å². The first-order valence-corrected chi connectivity index (χ1v) is 8.56. The highest BCUT2D eigenvalue weighted by molar-refractivity contribution is 8.06. The summed E-state index contributed by atoms with van der Waals surface area (Å²) in [6.07, 6.45) is 0. The van der Waals surface area contributed by atoms with Crippen molar-refractivity contribution in [2.45, 2.75) is 25.4 Å². The standard InChI is InChI=1S/C18H18S2/c1-15-3-7-17(8-4-15)13-19-11-12-20-14-18-9-5-16(2)6-10-18/h3-10H,13-14H2,1-2H3. The van der Waals surface area contributed by atoms with Gasteiger partial charge < -0.3 is 0 Å². The molecule has 0 radical (unpaired) electrons. The highest BCUT2D eigenvalue weighted by atomic mass is 32.2. The van der Waals surface area contributed by atoms with Gasteiger partial charge in [0.05, 0.1) is 0 Å². The Morgan fingerprint density at radius 1 is 0.650 bits per heavy atom. The molecule has 20 heavy (non-hydrogen) atoms. The Kier molecular flexibility index (Phi) is 6.11. The van der Waals surface area contributed by atoms with Gasteiger partial charge in [0.25, 0.3) is 0 Å². The van der Waals surface area contributed by atoms with E-state index in [-0.39, 0.29) is 0 Å². The van der Waals surface area contributed by atoms with Crippen LogP contribution >= 0.6 is 23.5 Å². The van der Waals surface area contributed by atoms with E-state index in [1.165, 1.54) is 22.3 Å². The monoisotopic (exact) mass is 298 g/mol. The van der Waals surface area contributed by atoms with E-state index in [2.05, 4.69) is 72.9 Å². The van der Waals surface area contributed by atoms with Crippen molar-refractivity contribution in [2.24, 2.45) is 0 Å². The first-order valence-electron chi connectivity index (χ1n) is 6.59. The molecule has 0 aliphatic heterocycles. The van der Waals surface area contributed by atoms with Crippen molar-refractivity contribution in [1.29, 1.82) is 0 Å². The molecule has 0 aromatic heterocycles. The minimum atomic E-state index is 0.957. The summed E-state index contributed by atoms with van der Waals surface area (Å²) in [5, 5.41) is 6.32. The van der Waals surface area contributed by atoms with Gasteiger partial charge >= 0.3 is 0 Å². The summed E-state index contributed by atoms with van der Waals surface area (Å²) in [5.41, 5.74) is 5.27. The highest BCUT2D eigenvalue weighted by Gasteiger charge is 1.92. The molecular weight excluding hydrogens is 280 g/mol. The molecule has 0 N–H and O–H groups in total. The first kappa shape index (κ1) is 15.1. The topological polar surface area (TPSA) is 0 Å². The van der Waals surface area contributed by atoms with Crippen molar-refractivity contribution in [3.8, 4) is 10.5 Å². The van der Waals surface area contributed by atoms with Crippen LogP contribution in [0.5, 0.6) is 0 Å². The maximum Gasteiger partial charge on any atom is 0.0308 e. The van der Waals surface area contributed by atoms with Gasteiger partial charge in [-0.25, -0.2) is 0 Å². The Morgan fingerprint density at radius 2 is 1.00 bits per heavy atom. The van der Waals surface area contributed by atoms with Gasteiger partial charge in [-0.2, -0.15) is 0 Å². The Balaban J connectivity index is 1.70. The summed E-state index contributed by atoms with van der Waals surface area (Å²) >= 11 is 3.34. The van der Waals surface area contributed by atoms with Crippen molar-refractivity contribution in [2.75, 3.05) is 0 Å². The lowest BCUT2D eigenvalue weighted by Crippen LogP contribution is -1.79. The van der Waals surface area contributed by atoms with Gasteiger partial charge in [0.15, 0.2) is 0 Å². The largest absolute Gasteiger partial charge is 0.0694 e. The van der Waals surface area contributed by atoms with Gasteiger partial charge in [0.1, 0.15) is 0 Å². The fourth-order valence-corrected chi connectivity index (χ4v) is 3.00. The normalized spacial score (nSPS) is 9.90. The van der Waals surface area contributed by atoms with Gasteiger partial charge in [0, 0.05) is 11.5 Å². The van der Waals surface area contributed by atoms with Crippen LogP contribution in [-0.2, 0) is 11.5 Å². The molecule has 0 unspecified atom stereocenters. The summed E-state index contributed by atoms with van der Waals surface area (Å²) < 4.78 is 0. The van der Waals surface area contributed by atoms with Crippen LogP contribution in [0.3, 0.4) is 0 Å². The Bertz CT molecular complexity index is 533. The molecule has 0 saturated carbocycles. The first-order chi connectivity index (χ1) is 9.74. The lowest BCUT2D eigenvalue weighted by molar-refractivity contribution is 1.37. The molecular formula is C18H18S2. The van der Waals surface area contributed by atoms with E-state index < -0.39 is 0 Å². The van der Waals surface area contributed by atoms with E-state index in [0.717, 1.165) is 11.5 Å². The summed E-state index contributed by atoms with van der Waals surface area (Å²) in [6, 6.07) is 17.3. The molecule has 0 aliphatic rings. The van der Waals surface area contributed by atoms with Gasteiger partial charge in [-0.3, -0.25) is 0 Å².